The predicted octanol–water partition coefficient (Wildman–Crippen LogP) is 2.42. The number of carbonyl (C=O) groups excluding carboxylic acids is 1. The Morgan fingerprint density at radius 3 is 2.75 bits per heavy atom. The number of aromatic nitrogens is 2. The molecule has 0 spiro atoms. The van der Waals surface area contributed by atoms with Crippen LogP contribution < -0.4 is 5.32 Å². The number of nitrogens with one attached hydrogen (secondary N) is 1. The molecule has 0 radical (unpaired) electrons. The predicted molar refractivity (Wildman–Crippen MR) is 73.4 cm³/mol. The van der Waals surface area contributed by atoms with Gasteiger partial charge in [-0.15, -0.1) is 0 Å². The zero-order valence-electron chi connectivity index (χ0n) is 11.5. The number of esters is 1. The van der Waals surface area contributed by atoms with Crippen molar-refractivity contribution in [1.82, 2.24) is 9.97 Å². The third-order valence-electron chi connectivity index (χ3n) is 2.65. The first-order valence-corrected chi connectivity index (χ1v) is 6.53. The van der Waals surface area contributed by atoms with Gasteiger partial charge in [0.2, 0.25) is 5.89 Å². The fourth-order valence-electron chi connectivity index (χ4n) is 1.59. The molecule has 6 nitrogen and oxygen atoms in total. The lowest BCUT2D eigenvalue weighted by Gasteiger charge is -2.04. The quantitative estimate of drug-likeness (QED) is 0.816. The van der Waals surface area contributed by atoms with E-state index >= 15 is 0 Å². The van der Waals surface area contributed by atoms with Crippen molar-refractivity contribution >= 4 is 11.8 Å². The number of pyridine rings is 1. The Morgan fingerprint density at radius 2 is 2.15 bits per heavy atom. The van der Waals surface area contributed by atoms with Crippen molar-refractivity contribution < 1.29 is 13.9 Å². The molecule has 0 amide bonds. The van der Waals surface area contributed by atoms with Crippen molar-refractivity contribution in [2.75, 3.05) is 11.9 Å². The summed E-state index contributed by atoms with van der Waals surface area (Å²) < 4.78 is 10.4. The van der Waals surface area contributed by atoms with Crippen LogP contribution in [0.3, 0.4) is 0 Å². The molecule has 2 heterocycles. The first kappa shape index (κ1) is 14.0. The second kappa shape index (κ2) is 6.70. The van der Waals surface area contributed by atoms with Gasteiger partial charge in [0.05, 0.1) is 24.9 Å². The van der Waals surface area contributed by atoms with E-state index in [0.29, 0.717) is 30.4 Å². The molecule has 0 aromatic carbocycles. The average molecular weight is 275 g/mol. The van der Waals surface area contributed by atoms with Gasteiger partial charge in [-0.2, -0.15) is 0 Å². The number of aryl methyl sites for hydroxylation is 1. The van der Waals surface area contributed by atoms with Gasteiger partial charge in [-0.05, 0) is 19.1 Å². The summed E-state index contributed by atoms with van der Waals surface area (Å²) in [5.41, 5.74) is 0.432. The van der Waals surface area contributed by atoms with Crippen LogP contribution in [-0.4, -0.2) is 22.5 Å². The maximum Gasteiger partial charge on any atom is 0.339 e. The highest BCUT2D eigenvalue weighted by Crippen LogP contribution is 2.09. The van der Waals surface area contributed by atoms with Crippen molar-refractivity contribution in [2.24, 2.45) is 0 Å². The maximum atomic E-state index is 11.5. The molecule has 0 aliphatic heterocycles. The Bertz CT molecular complexity index is 563. The molecule has 0 saturated carbocycles. The first-order chi connectivity index (χ1) is 9.72. The van der Waals surface area contributed by atoms with E-state index in [2.05, 4.69) is 15.3 Å². The topological polar surface area (TPSA) is 77.2 Å². The summed E-state index contributed by atoms with van der Waals surface area (Å²) >= 11 is 0. The fraction of sp³-hybridized carbons (Fsp3) is 0.357. The van der Waals surface area contributed by atoms with Gasteiger partial charge in [-0.1, -0.05) is 6.92 Å². The second-order valence-corrected chi connectivity index (χ2v) is 4.08. The number of hydrogen-bond acceptors (Lipinski definition) is 6. The Kier molecular flexibility index (Phi) is 4.70. The van der Waals surface area contributed by atoms with E-state index in [9.17, 15) is 4.79 Å². The van der Waals surface area contributed by atoms with E-state index in [-0.39, 0.29) is 5.97 Å². The minimum Gasteiger partial charge on any atom is -0.462 e. The number of nitrogens with zero attached hydrogens (tertiary/aromatic N) is 2. The molecule has 2 aromatic rings. The molecule has 106 valence electrons. The van der Waals surface area contributed by atoms with Crippen LogP contribution in [0.2, 0.25) is 0 Å². The molecule has 6 heteroatoms. The Balaban J connectivity index is 1.92. The molecule has 2 rings (SSSR count). The molecule has 1 N–H and O–H groups in total. The van der Waals surface area contributed by atoms with Crippen LogP contribution in [0.4, 0.5) is 5.82 Å². The Morgan fingerprint density at radius 1 is 1.30 bits per heavy atom. The van der Waals surface area contributed by atoms with Crippen molar-refractivity contribution in [3.8, 4) is 0 Å². The lowest BCUT2D eigenvalue weighted by atomic mass is 10.3. The van der Waals surface area contributed by atoms with E-state index in [1.807, 2.05) is 6.92 Å². The largest absolute Gasteiger partial charge is 0.462 e. The van der Waals surface area contributed by atoms with Crippen LogP contribution in [0.5, 0.6) is 0 Å². The standard InChI is InChI=1S/C14H17N3O3/c1-3-11-8-17-13(20-11)9-16-12-6-5-10(7-15-12)14(18)19-4-2/h5-8H,3-4,9H2,1-2H3,(H,15,16). The lowest BCUT2D eigenvalue weighted by molar-refractivity contribution is 0.0526. The zero-order chi connectivity index (χ0) is 14.4. The van der Waals surface area contributed by atoms with Crippen LogP contribution in [0.15, 0.2) is 28.9 Å². The number of anilines is 1. The van der Waals surface area contributed by atoms with E-state index in [0.717, 1.165) is 12.2 Å². The first-order valence-electron chi connectivity index (χ1n) is 6.53. The van der Waals surface area contributed by atoms with Gasteiger partial charge in [0.15, 0.2) is 0 Å². The van der Waals surface area contributed by atoms with E-state index in [1.54, 1.807) is 25.3 Å². The van der Waals surface area contributed by atoms with Gasteiger partial charge >= 0.3 is 5.97 Å². The van der Waals surface area contributed by atoms with Crippen molar-refractivity contribution in [2.45, 2.75) is 26.8 Å². The smallest absolute Gasteiger partial charge is 0.339 e. The van der Waals surface area contributed by atoms with Crippen LogP contribution in [0, 0.1) is 0 Å². The van der Waals surface area contributed by atoms with E-state index in [1.165, 1.54) is 6.20 Å². The molecule has 0 saturated heterocycles. The highest BCUT2D eigenvalue weighted by molar-refractivity contribution is 5.89. The van der Waals surface area contributed by atoms with Gasteiger partial charge in [0.1, 0.15) is 11.6 Å². The van der Waals surface area contributed by atoms with Gasteiger partial charge in [-0.25, -0.2) is 14.8 Å². The molecule has 0 fully saturated rings. The molecular weight excluding hydrogens is 258 g/mol. The van der Waals surface area contributed by atoms with Gasteiger partial charge in [-0.3, -0.25) is 0 Å². The van der Waals surface area contributed by atoms with Crippen LogP contribution in [-0.2, 0) is 17.7 Å². The Hall–Kier alpha value is -2.37. The third-order valence-corrected chi connectivity index (χ3v) is 2.65. The normalized spacial score (nSPS) is 10.3. The SMILES string of the molecule is CCOC(=O)c1ccc(NCc2ncc(CC)o2)nc1. The second-order valence-electron chi connectivity index (χ2n) is 4.08. The maximum absolute atomic E-state index is 11.5. The number of ether oxygens (including phenoxy) is 1. The van der Waals surface area contributed by atoms with Crippen LogP contribution in [0.1, 0.15) is 35.9 Å². The van der Waals surface area contributed by atoms with Gasteiger partial charge < -0.3 is 14.5 Å². The van der Waals surface area contributed by atoms with E-state index in [4.69, 9.17) is 9.15 Å². The average Bonchev–Trinajstić information content (AvgIpc) is 2.94. The number of carbonyl (C=O) groups is 1. The lowest BCUT2D eigenvalue weighted by Crippen LogP contribution is -2.06. The number of rotatable bonds is 6. The highest BCUT2D eigenvalue weighted by atomic mass is 16.5. The summed E-state index contributed by atoms with van der Waals surface area (Å²) in [6.07, 6.45) is 4.02. The summed E-state index contributed by atoms with van der Waals surface area (Å²) in [6.45, 7) is 4.57. The summed E-state index contributed by atoms with van der Waals surface area (Å²) in [5.74, 6) is 1.74. The number of oxazole rings is 1. The third kappa shape index (κ3) is 3.57. The summed E-state index contributed by atoms with van der Waals surface area (Å²) in [5, 5.41) is 3.08. The van der Waals surface area contributed by atoms with Gasteiger partial charge in [0, 0.05) is 12.6 Å². The van der Waals surface area contributed by atoms with Crippen molar-refractivity contribution in [3.63, 3.8) is 0 Å². The van der Waals surface area contributed by atoms with Crippen LogP contribution >= 0.6 is 0 Å². The van der Waals surface area contributed by atoms with Crippen LogP contribution in [0.25, 0.3) is 0 Å². The van der Waals surface area contributed by atoms with Crippen molar-refractivity contribution in [3.05, 3.63) is 41.7 Å². The highest BCUT2D eigenvalue weighted by Gasteiger charge is 2.07. The molecule has 0 bridgehead atoms. The molecule has 0 atom stereocenters. The molecule has 0 unspecified atom stereocenters. The van der Waals surface area contributed by atoms with Crippen molar-refractivity contribution in [1.29, 1.82) is 0 Å². The van der Waals surface area contributed by atoms with Gasteiger partial charge in [0.25, 0.3) is 0 Å². The summed E-state index contributed by atoms with van der Waals surface area (Å²) in [7, 11) is 0. The number of hydrogen-bond donors (Lipinski definition) is 1. The summed E-state index contributed by atoms with van der Waals surface area (Å²) in [4.78, 5) is 19.7. The Labute approximate surface area is 117 Å². The monoisotopic (exact) mass is 275 g/mol. The molecule has 20 heavy (non-hydrogen) atoms. The minimum atomic E-state index is -0.369. The molecular formula is C14H17N3O3. The summed E-state index contributed by atoms with van der Waals surface area (Å²) in [6, 6.07) is 3.39. The fourth-order valence-corrected chi connectivity index (χ4v) is 1.59. The van der Waals surface area contributed by atoms with E-state index < -0.39 is 0 Å². The zero-order valence-corrected chi connectivity index (χ0v) is 11.5. The molecule has 2 aromatic heterocycles. The molecule has 0 aliphatic rings. The molecule has 0 aliphatic carbocycles. The minimum absolute atomic E-state index is 0.350.